The zero-order valence-corrected chi connectivity index (χ0v) is 30.1. The van der Waals surface area contributed by atoms with Gasteiger partial charge in [-0.2, -0.15) is 0 Å². The third kappa shape index (κ3) is 8.81. The first-order valence-corrected chi connectivity index (χ1v) is 19.1. The standard InChI is InChI=1S/C34H45N5O5S3/c1-33(2,3)44-32(41)39-18-16-38(17-19-39)24-34(4,46-22-25-11-7-6-8-12-25)23-35-31(40)27-21-26-13-9-14-28(30(26)36-27)37(5)47(42,43)29-15-10-20-45-29/h6-15,20,27,36H,16-19,21-24H2,1-5H3,(H,35,40). The highest BCUT2D eigenvalue weighted by Gasteiger charge is 2.35. The Morgan fingerprint density at radius 3 is 2.40 bits per heavy atom. The summed E-state index contributed by atoms with van der Waals surface area (Å²) in [5.41, 5.74) is 2.76. The number of fused-ring (bicyclic) bond motifs is 1. The Bertz CT molecular complexity index is 1640. The van der Waals surface area contributed by atoms with Gasteiger partial charge in [-0.1, -0.05) is 48.5 Å². The van der Waals surface area contributed by atoms with Gasteiger partial charge >= 0.3 is 6.09 Å². The van der Waals surface area contributed by atoms with Gasteiger partial charge in [-0.3, -0.25) is 14.0 Å². The Hall–Kier alpha value is -3.26. The molecule has 0 bridgehead atoms. The summed E-state index contributed by atoms with van der Waals surface area (Å²) in [6.45, 7) is 11.6. The van der Waals surface area contributed by atoms with Crippen molar-refractivity contribution in [3.63, 3.8) is 0 Å². The van der Waals surface area contributed by atoms with E-state index < -0.39 is 21.7 Å². The minimum atomic E-state index is -3.72. The second kappa shape index (κ2) is 14.5. The van der Waals surface area contributed by atoms with Gasteiger partial charge in [0.2, 0.25) is 5.91 Å². The lowest BCUT2D eigenvalue weighted by Gasteiger charge is -2.40. The van der Waals surface area contributed by atoms with E-state index in [1.54, 1.807) is 35.5 Å². The lowest BCUT2D eigenvalue weighted by molar-refractivity contribution is -0.121. The summed E-state index contributed by atoms with van der Waals surface area (Å²) >= 11 is 2.99. The van der Waals surface area contributed by atoms with Crippen LogP contribution in [0.1, 0.15) is 38.8 Å². The summed E-state index contributed by atoms with van der Waals surface area (Å²) in [5.74, 6) is 0.671. The van der Waals surface area contributed by atoms with Crippen LogP contribution in [-0.2, 0) is 31.7 Å². The Kier molecular flexibility index (Phi) is 10.8. The molecule has 2 amide bonds. The highest BCUT2D eigenvalue weighted by Crippen LogP contribution is 2.38. The number of nitrogens with zero attached hydrogens (tertiary/aromatic N) is 3. The molecule has 47 heavy (non-hydrogen) atoms. The maximum absolute atomic E-state index is 13.6. The molecule has 1 aromatic heterocycles. The molecule has 0 saturated carbocycles. The van der Waals surface area contributed by atoms with Gasteiger partial charge in [0.15, 0.2) is 0 Å². The smallest absolute Gasteiger partial charge is 0.410 e. The molecular weight excluding hydrogens is 655 g/mol. The third-order valence-electron chi connectivity index (χ3n) is 8.29. The van der Waals surface area contributed by atoms with Crippen LogP contribution in [0.4, 0.5) is 16.2 Å². The Morgan fingerprint density at radius 1 is 1.02 bits per heavy atom. The van der Waals surface area contributed by atoms with Crippen LogP contribution in [0.3, 0.4) is 0 Å². The van der Waals surface area contributed by atoms with Crippen molar-refractivity contribution in [2.45, 2.75) is 60.5 Å². The summed E-state index contributed by atoms with van der Waals surface area (Å²) in [5, 5.41) is 8.28. The van der Waals surface area contributed by atoms with Crippen LogP contribution in [0.15, 0.2) is 70.3 Å². The molecule has 2 atom stereocenters. The summed E-state index contributed by atoms with van der Waals surface area (Å²) in [4.78, 5) is 30.4. The highest BCUT2D eigenvalue weighted by molar-refractivity contribution is 8.00. The molecule has 1 saturated heterocycles. The molecular formula is C34H45N5O5S3. The number of rotatable bonds is 11. The van der Waals surface area contributed by atoms with Gasteiger partial charge < -0.3 is 20.3 Å². The van der Waals surface area contributed by atoms with E-state index in [0.29, 0.717) is 37.4 Å². The van der Waals surface area contributed by atoms with E-state index in [1.165, 1.54) is 21.2 Å². The second-order valence-corrected chi connectivity index (χ2v) is 18.0. The lowest BCUT2D eigenvalue weighted by atomic mass is 10.1. The number of thiophene rings is 1. The molecule has 254 valence electrons. The largest absolute Gasteiger partial charge is 0.444 e. The normalized spacial score (nSPS) is 18.1. The monoisotopic (exact) mass is 699 g/mol. The number of benzene rings is 2. The summed E-state index contributed by atoms with van der Waals surface area (Å²) in [7, 11) is -2.18. The fourth-order valence-electron chi connectivity index (χ4n) is 5.73. The Balaban J connectivity index is 1.23. The van der Waals surface area contributed by atoms with Crippen LogP contribution in [0.2, 0.25) is 0 Å². The van der Waals surface area contributed by atoms with Crippen molar-refractivity contribution in [2.75, 3.05) is 55.9 Å². The molecule has 13 heteroatoms. The molecule has 2 aliphatic rings. The van der Waals surface area contributed by atoms with Crippen LogP contribution in [0, 0.1) is 0 Å². The summed E-state index contributed by atoms with van der Waals surface area (Å²) in [6.07, 6.45) is 0.178. The number of ether oxygens (including phenoxy) is 1. The second-order valence-electron chi connectivity index (χ2n) is 13.3. The number of para-hydroxylation sites is 1. The topological polar surface area (TPSA) is 111 Å². The number of nitrogens with one attached hydrogen (secondary N) is 2. The predicted molar refractivity (Wildman–Crippen MR) is 191 cm³/mol. The first-order chi connectivity index (χ1) is 22.2. The van der Waals surface area contributed by atoms with Crippen LogP contribution in [0.25, 0.3) is 0 Å². The van der Waals surface area contributed by atoms with E-state index in [-0.39, 0.29) is 21.0 Å². The summed E-state index contributed by atoms with van der Waals surface area (Å²) in [6, 6.07) is 18.6. The zero-order chi connectivity index (χ0) is 33.8. The molecule has 0 aliphatic carbocycles. The van der Waals surface area contributed by atoms with E-state index in [4.69, 9.17) is 4.74 Å². The van der Waals surface area contributed by atoms with Gasteiger partial charge in [-0.05, 0) is 56.3 Å². The first-order valence-electron chi connectivity index (χ1n) is 15.8. The predicted octanol–water partition coefficient (Wildman–Crippen LogP) is 5.27. The van der Waals surface area contributed by atoms with E-state index in [0.717, 1.165) is 31.0 Å². The average Bonchev–Trinajstić information content (AvgIpc) is 3.74. The van der Waals surface area contributed by atoms with Gasteiger partial charge in [0, 0.05) is 63.2 Å². The number of anilines is 2. The minimum Gasteiger partial charge on any atom is -0.444 e. The van der Waals surface area contributed by atoms with Crippen molar-refractivity contribution in [1.29, 1.82) is 0 Å². The number of carbonyl (C=O) groups is 2. The molecule has 2 aromatic carbocycles. The van der Waals surface area contributed by atoms with Crippen molar-refractivity contribution in [3.8, 4) is 0 Å². The SMILES string of the molecule is CN(c1cccc2c1NC(C(=O)NCC(C)(CN1CCN(C(=O)OC(C)(C)C)CC1)SCc1ccccc1)C2)S(=O)(=O)c1cccs1. The number of hydrogen-bond donors (Lipinski definition) is 2. The van der Waals surface area contributed by atoms with E-state index in [9.17, 15) is 18.0 Å². The average molecular weight is 700 g/mol. The van der Waals surface area contributed by atoms with Gasteiger partial charge in [-0.25, -0.2) is 13.2 Å². The van der Waals surface area contributed by atoms with Gasteiger partial charge in [0.1, 0.15) is 15.9 Å². The molecule has 2 unspecified atom stereocenters. The third-order valence-corrected chi connectivity index (χ3v) is 12.9. The van der Waals surface area contributed by atoms with Crippen LogP contribution < -0.4 is 14.9 Å². The van der Waals surface area contributed by atoms with Crippen molar-refractivity contribution >= 4 is 56.5 Å². The number of carbonyl (C=O) groups excluding carboxylic acids is 2. The minimum absolute atomic E-state index is 0.128. The number of amides is 2. The number of thioether (sulfide) groups is 1. The molecule has 10 nitrogen and oxygen atoms in total. The molecule has 5 rings (SSSR count). The molecule has 0 radical (unpaired) electrons. The maximum Gasteiger partial charge on any atom is 0.410 e. The molecule has 2 N–H and O–H groups in total. The van der Waals surface area contributed by atoms with Gasteiger partial charge in [-0.15, -0.1) is 23.1 Å². The lowest BCUT2D eigenvalue weighted by Crippen LogP contribution is -2.55. The molecule has 3 aromatic rings. The fraction of sp³-hybridized carbons (Fsp3) is 0.471. The van der Waals surface area contributed by atoms with Gasteiger partial charge in [0.05, 0.1) is 11.4 Å². The Labute approximate surface area is 286 Å². The van der Waals surface area contributed by atoms with E-state index >= 15 is 0 Å². The quantitative estimate of drug-likeness (QED) is 0.279. The van der Waals surface area contributed by atoms with Crippen LogP contribution >= 0.6 is 23.1 Å². The molecule has 3 heterocycles. The highest BCUT2D eigenvalue weighted by atomic mass is 32.2. The number of piperazine rings is 1. The van der Waals surface area contributed by atoms with E-state index in [1.807, 2.05) is 62.9 Å². The van der Waals surface area contributed by atoms with Crippen LogP contribution in [0.5, 0.6) is 0 Å². The van der Waals surface area contributed by atoms with Crippen molar-refractivity contribution in [1.82, 2.24) is 15.1 Å². The van der Waals surface area contributed by atoms with Crippen molar-refractivity contribution in [3.05, 3.63) is 77.2 Å². The number of sulfonamides is 1. The molecule has 2 aliphatic heterocycles. The van der Waals surface area contributed by atoms with Crippen LogP contribution in [-0.4, -0.2) is 92.9 Å². The molecule has 1 fully saturated rings. The number of hydrogen-bond acceptors (Lipinski definition) is 9. The summed E-state index contributed by atoms with van der Waals surface area (Å²) < 4.78 is 33.3. The van der Waals surface area contributed by atoms with Crippen molar-refractivity contribution in [2.24, 2.45) is 0 Å². The maximum atomic E-state index is 13.6. The Morgan fingerprint density at radius 2 is 1.74 bits per heavy atom. The fourth-order valence-corrected chi connectivity index (χ4v) is 9.26. The first kappa shape index (κ1) is 35.1. The zero-order valence-electron chi connectivity index (χ0n) is 27.7. The van der Waals surface area contributed by atoms with Crippen molar-refractivity contribution < 1.29 is 22.7 Å². The molecule has 0 spiro atoms. The van der Waals surface area contributed by atoms with E-state index in [2.05, 4.69) is 34.6 Å². The van der Waals surface area contributed by atoms with Gasteiger partial charge in [0.25, 0.3) is 10.0 Å².